The first-order valence-electron chi connectivity index (χ1n) is 6.69. The van der Waals surface area contributed by atoms with Crippen LogP contribution in [0.2, 0.25) is 0 Å². The Morgan fingerprint density at radius 2 is 1.90 bits per heavy atom. The highest BCUT2D eigenvalue weighted by atomic mass is 79.9. The summed E-state index contributed by atoms with van der Waals surface area (Å²) in [6, 6.07) is 13.9. The average molecular weight is 343 g/mol. The molecule has 0 aliphatic rings. The van der Waals surface area contributed by atoms with Crippen LogP contribution in [-0.4, -0.2) is 4.98 Å². The van der Waals surface area contributed by atoms with Crippen LogP contribution in [0.3, 0.4) is 0 Å². The molecule has 0 saturated carbocycles. The van der Waals surface area contributed by atoms with E-state index in [1.165, 1.54) is 0 Å². The fourth-order valence-corrected chi connectivity index (χ4v) is 2.78. The lowest BCUT2D eigenvalue weighted by molar-refractivity contribution is 0.465. The molecule has 0 saturated heterocycles. The predicted molar refractivity (Wildman–Crippen MR) is 88.6 cm³/mol. The van der Waals surface area contributed by atoms with E-state index < -0.39 is 0 Å². The van der Waals surface area contributed by atoms with Gasteiger partial charge in [-0.25, -0.2) is 4.98 Å². The van der Waals surface area contributed by atoms with Crippen LogP contribution in [0.4, 0.5) is 0 Å². The van der Waals surface area contributed by atoms with Crippen molar-refractivity contribution in [3.63, 3.8) is 0 Å². The van der Waals surface area contributed by atoms with Gasteiger partial charge in [-0.1, -0.05) is 34.1 Å². The van der Waals surface area contributed by atoms with Gasteiger partial charge in [0.1, 0.15) is 5.75 Å². The van der Waals surface area contributed by atoms with E-state index in [4.69, 9.17) is 10.5 Å². The van der Waals surface area contributed by atoms with Gasteiger partial charge < -0.3 is 10.5 Å². The Kier molecular flexibility index (Phi) is 3.90. The highest BCUT2D eigenvalue weighted by Gasteiger charge is 2.09. The molecule has 2 N–H and O–H groups in total. The van der Waals surface area contributed by atoms with Gasteiger partial charge in [0.25, 0.3) is 0 Å². The van der Waals surface area contributed by atoms with Gasteiger partial charge in [0, 0.05) is 22.6 Å². The molecule has 4 heteroatoms. The normalized spacial score (nSPS) is 10.8. The Hall–Kier alpha value is -1.91. The number of benzene rings is 2. The molecule has 0 aliphatic heterocycles. The summed E-state index contributed by atoms with van der Waals surface area (Å²) in [5.74, 6) is 1.41. The second-order valence-corrected chi connectivity index (χ2v) is 5.77. The van der Waals surface area contributed by atoms with Crippen molar-refractivity contribution in [2.75, 3.05) is 0 Å². The second kappa shape index (κ2) is 5.84. The number of fused-ring (bicyclic) bond motifs is 1. The zero-order valence-corrected chi connectivity index (χ0v) is 13.2. The maximum absolute atomic E-state index is 6.00. The molecule has 0 amide bonds. The van der Waals surface area contributed by atoms with E-state index in [0.29, 0.717) is 12.4 Å². The van der Waals surface area contributed by atoms with Gasteiger partial charge in [-0.3, -0.25) is 0 Å². The first kappa shape index (κ1) is 14.0. The lowest BCUT2D eigenvalue weighted by Crippen LogP contribution is -2.00. The number of nitrogens with zero attached hydrogens (tertiary/aromatic N) is 1. The molecular weight excluding hydrogens is 328 g/mol. The molecule has 106 valence electrons. The lowest BCUT2D eigenvalue weighted by atomic mass is 10.1. The van der Waals surface area contributed by atoms with Crippen molar-refractivity contribution in [3.8, 4) is 11.6 Å². The quantitative estimate of drug-likeness (QED) is 0.759. The van der Waals surface area contributed by atoms with Gasteiger partial charge in [-0.15, -0.1) is 0 Å². The number of pyridine rings is 1. The lowest BCUT2D eigenvalue weighted by Gasteiger charge is -2.12. The zero-order chi connectivity index (χ0) is 14.8. The smallest absolute Gasteiger partial charge is 0.227 e. The first-order valence-corrected chi connectivity index (χ1v) is 7.49. The van der Waals surface area contributed by atoms with Crippen LogP contribution in [0, 0.1) is 6.92 Å². The summed E-state index contributed by atoms with van der Waals surface area (Å²) < 4.78 is 7.04. The van der Waals surface area contributed by atoms with Crippen LogP contribution in [0.25, 0.3) is 10.8 Å². The van der Waals surface area contributed by atoms with Crippen molar-refractivity contribution >= 4 is 26.7 Å². The Balaban J connectivity index is 2.09. The number of nitrogens with two attached hydrogens (primary N) is 1. The van der Waals surface area contributed by atoms with Crippen LogP contribution in [-0.2, 0) is 6.54 Å². The van der Waals surface area contributed by atoms with E-state index in [9.17, 15) is 0 Å². The molecule has 3 aromatic rings. The van der Waals surface area contributed by atoms with E-state index in [1.54, 1.807) is 6.20 Å². The highest BCUT2D eigenvalue weighted by molar-refractivity contribution is 9.10. The van der Waals surface area contributed by atoms with Crippen molar-refractivity contribution < 1.29 is 4.74 Å². The summed E-state index contributed by atoms with van der Waals surface area (Å²) in [5.41, 5.74) is 7.85. The van der Waals surface area contributed by atoms with Crippen molar-refractivity contribution in [1.82, 2.24) is 4.98 Å². The topological polar surface area (TPSA) is 48.1 Å². The molecule has 0 atom stereocenters. The van der Waals surface area contributed by atoms with Crippen molar-refractivity contribution in [2.45, 2.75) is 13.5 Å². The fraction of sp³-hybridized carbons (Fsp3) is 0.118. The third-order valence-corrected chi connectivity index (χ3v) is 3.90. The Morgan fingerprint density at radius 1 is 1.14 bits per heavy atom. The highest BCUT2D eigenvalue weighted by Crippen LogP contribution is 2.32. The number of aryl methyl sites for hydroxylation is 1. The Morgan fingerprint density at radius 3 is 2.62 bits per heavy atom. The van der Waals surface area contributed by atoms with E-state index >= 15 is 0 Å². The fourth-order valence-electron chi connectivity index (χ4n) is 2.30. The number of hydrogen-bond acceptors (Lipinski definition) is 3. The SMILES string of the molecule is Cc1cc(Br)ccc1Oc1ncc(CN)c2ccccc12. The molecule has 1 heterocycles. The van der Waals surface area contributed by atoms with Gasteiger partial charge in [0.15, 0.2) is 0 Å². The number of rotatable bonds is 3. The van der Waals surface area contributed by atoms with Crippen LogP contribution in [0.5, 0.6) is 11.6 Å². The summed E-state index contributed by atoms with van der Waals surface area (Å²) in [7, 11) is 0. The summed E-state index contributed by atoms with van der Waals surface area (Å²) in [4.78, 5) is 4.42. The number of aromatic nitrogens is 1. The molecule has 0 unspecified atom stereocenters. The van der Waals surface area contributed by atoms with Crippen LogP contribution < -0.4 is 10.5 Å². The van der Waals surface area contributed by atoms with Gasteiger partial charge >= 0.3 is 0 Å². The van der Waals surface area contributed by atoms with E-state index in [0.717, 1.165) is 32.1 Å². The maximum atomic E-state index is 6.00. The molecular formula is C17H15BrN2O. The Bertz CT molecular complexity index is 802. The molecule has 2 aromatic carbocycles. The van der Waals surface area contributed by atoms with Crippen LogP contribution in [0.1, 0.15) is 11.1 Å². The first-order chi connectivity index (χ1) is 10.2. The van der Waals surface area contributed by atoms with Crippen LogP contribution >= 0.6 is 15.9 Å². The summed E-state index contributed by atoms with van der Waals surface area (Å²) in [6.07, 6.45) is 1.78. The summed E-state index contributed by atoms with van der Waals surface area (Å²) in [5, 5.41) is 2.06. The molecule has 3 nitrogen and oxygen atoms in total. The molecule has 3 rings (SSSR count). The standard InChI is InChI=1S/C17H15BrN2O/c1-11-8-13(18)6-7-16(11)21-17-15-5-3-2-4-14(15)12(9-19)10-20-17/h2-8,10H,9,19H2,1H3. The molecule has 21 heavy (non-hydrogen) atoms. The summed E-state index contributed by atoms with van der Waals surface area (Å²) in [6.45, 7) is 2.47. The van der Waals surface area contributed by atoms with Crippen LogP contribution in [0.15, 0.2) is 53.1 Å². The molecule has 0 aliphatic carbocycles. The molecule has 0 spiro atoms. The average Bonchev–Trinajstić information content (AvgIpc) is 2.50. The predicted octanol–water partition coefficient (Wildman–Crippen LogP) is 4.56. The molecule has 0 radical (unpaired) electrons. The van der Waals surface area contributed by atoms with E-state index in [-0.39, 0.29) is 0 Å². The van der Waals surface area contributed by atoms with Gasteiger partial charge in [-0.05, 0) is 47.7 Å². The minimum absolute atomic E-state index is 0.463. The van der Waals surface area contributed by atoms with Crippen molar-refractivity contribution in [1.29, 1.82) is 0 Å². The number of hydrogen-bond donors (Lipinski definition) is 1. The van der Waals surface area contributed by atoms with E-state index in [1.807, 2.05) is 49.4 Å². The molecule has 0 fully saturated rings. The zero-order valence-electron chi connectivity index (χ0n) is 11.6. The minimum atomic E-state index is 0.463. The van der Waals surface area contributed by atoms with Crippen molar-refractivity contribution in [2.24, 2.45) is 5.73 Å². The Labute approximate surface area is 131 Å². The molecule has 1 aromatic heterocycles. The third kappa shape index (κ3) is 2.77. The maximum Gasteiger partial charge on any atom is 0.227 e. The third-order valence-electron chi connectivity index (χ3n) is 3.40. The van der Waals surface area contributed by atoms with Gasteiger partial charge in [0.2, 0.25) is 5.88 Å². The largest absolute Gasteiger partial charge is 0.438 e. The van der Waals surface area contributed by atoms with Gasteiger partial charge in [-0.2, -0.15) is 0 Å². The summed E-state index contributed by atoms with van der Waals surface area (Å²) >= 11 is 3.46. The van der Waals surface area contributed by atoms with Crippen molar-refractivity contribution in [3.05, 3.63) is 64.3 Å². The molecule has 0 bridgehead atoms. The monoisotopic (exact) mass is 342 g/mol. The minimum Gasteiger partial charge on any atom is -0.438 e. The van der Waals surface area contributed by atoms with Gasteiger partial charge in [0.05, 0.1) is 0 Å². The van der Waals surface area contributed by atoms with E-state index in [2.05, 4.69) is 20.9 Å². The number of halogens is 1. The number of ether oxygens (including phenoxy) is 1. The second-order valence-electron chi connectivity index (χ2n) is 4.85.